The van der Waals surface area contributed by atoms with Gasteiger partial charge in [-0.25, -0.2) is 14.1 Å². The van der Waals surface area contributed by atoms with E-state index in [9.17, 15) is 4.39 Å². The predicted octanol–water partition coefficient (Wildman–Crippen LogP) is 2.75. The molecule has 1 aliphatic heterocycles. The summed E-state index contributed by atoms with van der Waals surface area (Å²) < 4.78 is 20.6. The Hall–Kier alpha value is -3.16. The van der Waals surface area contributed by atoms with Crippen molar-refractivity contribution in [2.75, 3.05) is 43.1 Å². The van der Waals surface area contributed by atoms with Gasteiger partial charge in [0, 0.05) is 37.9 Å². The number of hydrogen-bond donors (Lipinski definition) is 0. The largest absolute Gasteiger partial charge is 0.494 e. The highest BCUT2D eigenvalue weighted by Crippen LogP contribution is 2.30. The van der Waals surface area contributed by atoms with E-state index in [1.54, 1.807) is 25.6 Å². The second-order valence-electron chi connectivity index (χ2n) is 6.86. The lowest BCUT2D eigenvalue weighted by atomic mass is 10.2. The van der Waals surface area contributed by atoms with Gasteiger partial charge < -0.3 is 14.5 Å². The Labute approximate surface area is 163 Å². The van der Waals surface area contributed by atoms with Gasteiger partial charge in [0.25, 0.3) is 0 Å². The third kappa shape index (κ3) is 3.49. The molecular weight excluding hydrogens is 359 g/mol. The first-order chi connectivity index (χ1) is 13.5. The summed E-state index contributed by atoms with van der Waals surface area (Å²) in [4.78, 5) is 13.5. The lowest BCUT2D eigenvalue weighted by Crippen LogP contribution is -2.47. The number of nitrogens with zero attached hydrogens (tertiary/aromatic N) is 6. The third-order valence-electron chi connectivity index (χ3n) is 4.92. The van der Waals surface area contributed by atoms with Crippen LogP contribution in [0, 0.1) is 19.7 Å². The fraction of sp³-hybridized carbons (Fsp3) is 0.350. The van der Waals surface area contributed by atoms with Crippen LogP contribution in [0.25, 0.3) is 5.82 Å². The maximum Gasteiger partial charge on any atom is 0.174 e. The monoisotopic (exact) mass is 382 g/mol. The minimum atomic E-state index is -0.296. The van der Waals surface area contributed by atoms with Crippen LogP contribution < -0.4 is 14.5 Å². The minimum absolute atomic E-state index is 0.296. The second-order valence-corrected chi connectivity index (χ2v) is 6.86. The van der Waals surface area contributed by atoms with E-state index in [1.165, 1.54) is 12.1 Å². The van der Waals surface area contributed by atoms with Crippen molar-refractivity contribution in [1.82, 2.24) is 19.7 Å². The molecule has 1 fully saturated rings. The first-order valence-corrected chi connectivity index (χ1v) is 9.24. The lowest BCUT2D eigenvalue weighted by Gasteiger charge is -2.37. The Morgan fingerprint density at radius 3 is 2.36 bits per heavy atom. The molecule has 28 heavy (non-hydrogen) atoms. The van der Waals surface area contributed by atoms with Gasteiger partial charge in [-0.2, -0.15) is 5.10 Å². The molecule has 1 aliphatic rings. The van der Waals surface area contributed by atoms with Gasteiger partial charge in [0.15, 0.2) is 5.82 Å². The SMILES string of the molecule is COc1cc(F)ccc1N1CCN(c2cncc(-n3nc(C)cc3C)n2)CC1. The molecule has 0 atom stereocenters. The van der Waals surface area contributed by atoms with Gasteiger partial charge in [-0.1, -0.05) is 0 Å². The summed E-state index contributed by atoms with van der Waals surface area (Å²) in [6.07, 6.45) is 3.51. The number of anilines is 2. The molecule has 0 bridgehead atoms. The molecule has 1 aromatic carbocycles. The summed E-state index contributed by atoms with van der Waals surface area (Å²) in [5, 5.41) is 4.49. The Morgan fingerprint density at radius 1 is 0.964 bits per heavy atom. The highest BCUT2D eigenvalue weighted by Gasteiger charge is 2.21. The van der Waals surface area contributed by atoms with E-state index in [1.807, 2.05) is 24.6 Å². The molecule has 0 N–H and O–H groups in total. The van der Waals surface area contributed by atoms with Crippen LogP contribution in [0.15, 0.2) is 36.7 Å². The molecule has 0 saturated carbocycles. The van der Waals surface area contributed by atoms with Crippen molar-refractivity contribution in [3.05, 3.63) is 53.9 Å². The van der Waals surface area contributed by atoms with Gasteiger partial charge in [0.2, 0.25) is 0 Å². The standard InChI is InChI=1S/C20H23FN6O/c1-14-10-15(2)27(24-14)20-13-22-12-19(23-20)26-8-6-25(7-9-26)17-5-4-16(21)11-18(17)28-3/h4-5,10-13H,6-9H2,1-3H3. The summed E-state index contributed by atoms with van der Waals surface area (Å²) in [6.45, 7) is 7.11. The van der Waals surface area contributed by atoms with Crippen LogP contribution in [0.5, 0.6) is 5.75 Å². The van der Waals surface area contributed by atoms with Crippen molar-refractivity contribution in [2.45, 2.75) is 13.8 Å². The van der Waals surface area contributed by atoms with E-state index in [4.69, 9.17) is 9.72 Å². The van der Waals surface area contributed by atoms with Crippen molar-refractivity contribution in [3.8, 4) is 11.6 Å². The number of piperazine rings is 1. The zero-order valence-electron chi connectivity index (χ0n) is 16.3. The molecule has 0 radical (unpaired) electrons. The minimum Gasteiger partial charge on any atom is -0.494 e. The topological polar surface area (TPSA) is 59.3 Å². The van der Waals surface area contributed by atoms with Gasteiger partial charge in [0.1, 0.15) is 17.4 Å². The van der Waals surface area contributed by atoms with Crippen molar-refractivity contribution < 1.29 is 9.13 Å². The summed E-state index contributed by atoms with van der Waals surface area (Å²) >= 11 is 0. The number of halogens is 1. The number of ether oxygens (including phenoxy) is 1. The predicted molar refractivity (Wildman–Crippen MR) is 106 cm³/mol. The van der Waals surface area contributed by atoms with E-state index in [-0.39, 0.29) is 5.82 Å². The summed E-state index contributed by atoms with van der Waals surface area (Å²) in [7, 11) is 1.56. The highest BCUT2D eigenvalue weighted by atomic mass is 19.1. The quantitative estimate of drug-likeness (QED) is 0.692. The molecule has 7 nitrogen and oxygen atoms in total. The Kier molecular flexibility index (Phi) is 4.85. The first kappa shape index (κ1) is 18.2. The molecule has 0 aliphatic carbocycles. The summed E-state index contributed by atoms with van der Waals surface area (Å²) in [5.74, 6) is 1.80. The molecule has 4 rings (SSSR count). The zero-order valence-corrected chi connectivity index (χ0v) is 16.3. The van der Waals surface area contributed by atoms with Crippen LogP contribution in [0.4, 0.5) is 15.9 Å². The van der Waals surface area contributed by atoms with Gasteiger partial charge in [0.05, 0.1) is 30.9 Å². The first-order valence-electron chi connectivity index (χ1n) is 9.24. The van der Waals surface area contributed by atoms with E-state index in [0.717, 1.165) is 49.1 Å². The summed E-state index contributed by atoms with van der Waals surface area (Å²) in [5.41, 5.74) is 2.88. The van der Waals surface area contributed by atoms with Crippen LogP contribution in [0.1, 0.15) is 11.4 Å². The normalized spacial score (nSPS) is 14.4. The molecule has 8 heteroatoms. The van der Waals surface area contributed by atoms with E-state index < -0.39 is 0 Å². The van der Waals surface area contributed by atoms with Crippen molar-refractivity contribution in [2.24, 2.45) is 0 Å². The molecule has 146 valence electrons. The molecule has 2 aromatic heterocycles. The van der Waals surface area contributed by atoms with Crippen molar-refractivity contribution in [3.63, 3.8) is 0 Å². The smallest absolute Gasteiger partial charge is 0.174 e. The van der Waals surface area contributed by atoms with Crippen LogP contribution in [0.3, 0.4) is 0 Å². The number of methoxy groups -OCH3 is 1. The van der Waals surface area contributed by atoms with Gasteiger partial charge >= 0.3 is 0 Å². The number of benzene rings is 1. The fourth-order valence-electron chi connectivity index (χ4n) is 3.55. The van der Waals surface area contributed by atoms with Crippen LogP contribution >= 0.6 is 0 Å². The number of hydrogen-bond acceptors (Lipinski definition) is 6. The van der Waals surface area contributed by atoms with Crippen LogP contribution in [-0.2, 0) is 0 Å². The molecule has 1 saturated heterocycles. The molecule has 0 amide bonds. The molecule has 0 unspecified atom stereocenters. The number of aryl methyl sites for hydroxylation is 2. The van der Waals surface area contributed by atoms with Crippen LogP contribution in [0.2, 0.25) is 0 Å². The van der Waals surface area contributed by atoms with Crippen molar-refractivity contribution >= 4 is 11.5 Å². The Balaban J connectivity index is 1.50. The second kappa shape index (κ2) is 7.46. The Morgan fingerprint density at radius 2 is 1.68 bits per heavy atom. The Bertz CT molecular complexity index is 981. The fourth-order valence-corrected chi connectivity index (χ4v) is 3.55. The molecule has 0 spiro atoms. The average Bonchev–Trinajstić information content (AvgIpc) is 3.06. The summed E-state index contributed by atoms with van der Waals surface area (Å²) in [6, 6.07) is 6.68. The van der Waals surface area contributed by atoms with E-state index >= 15 is 0 Å². The molecule has 3 heterocycles. The lowest BCUT2D eigenvalue weighted by molar-refractivity contribution is 0.410. The number of rotatable bonds is 4. The zero-order chi connectivity index (χ0) is 19.7. The highest BCUT2D eigenvalue weighted by molar-refractivity contribution is 5.59. The van der Waals surface area contributed by atoms with Gasteiger partial charge in [-0.15, -0.1) is 0 Å². The molecular formula is C20H23FN6O. The van der Waals surface area contributed by atoms with E-state index in [0.29, 0.717) is 11.6 Å². The number of aromatic nitrogens is 4. The maximum absolute atomic E-state index is 13.5. The van der Waals surface area contributed by atoms with E-state index in [2.05, 4.69) is 19.9 Å². The molecule has 3 aromatic rings. The third-order valence-corrected chi connectivity index (χ3v) is 4.92. The average molecular weight is 382 g/mol. The maximum atomic E-state index is 13.5. The van der Waals surface area contributed by atoms with Crippen LogP contribution in [-0.4, -0.2) is 53.0 Å². The van der Waals surface area contributed by atoms with Gasteiger partial charge in [-0.05, 0) is 32.0 Å². The van der Waals surface area contributed by atoms with Crippen molar-refractivity contribution in [1.29, 1.82) is 0 Å². The van der Waals surface area contributed by atoms with Gasteiger partial charge in [-0.3, -0.25) is 4.98 Å².